The number of phosphoric ester groups is 1. The highest BCUT2D eigenvalue weighted by Crippen LogP contribution is 2.41. The number of likely N-dealkylation sites (tertiary alicyclic amines) is 1. The number of Topliss-reactive ketones (excluding diaryl/α,β-unsaturated/α-hetero) is 1. The fourth-order valence-corrected chi connectivity index (χ4v) is 9.19. The molecule has 5 N–H and O–H groups in total. The molecule has 1 aromatic carbocycles. The van der Waals surface area contributed by atoms with Crippen LogP contribution >= 0.6 is 19.2 Å². The van der Waals surface area contributed by atoms with Gasteiger partial charge in [-0.15, -0.1) is 11.3 Å². The molecule has 1 aliphatic heterocycles. The fourth-order valence-electron chi connectivity index (χ4n) is 7.94. The molecule has 3 amide bonds. The van der Waals surface area contributed by atoms with E-state index < -0.39 is 61.6 Å². The van der Waals surface area contributed by atoms with Gasteiger partial charge in [-0.05, 0) is 75.2 Å². The van der Waals surface area contributed by atoms with Crippen molar-refractivity contribution >= 4 is 60.3 Å². The van der Waals surface area contributed by atoms with E-state index in [1.54, 1.807) is 11.9 Å². The number of thiazole rings is 1. The summed E-state index contributed by atoms with van der Waals surface area (Å²) in [6.07, 6.45) is 4.39. The molecule has 1 unspecified atom stereocenters. The summed E-state index contributed by atoms with van der Waals surface area (Å²) in [4.78, 5) is 106. The van der Waals surface area contributed by atoms with Gasteiger partial charge in [0.05, 0.1) is 17.6 Å². The van der Waals surface area contributed by atoms with Crippen molar-refractivity contribution in [2.45, 2.75) is 143 Å². The van der Waals surface area contributed by atoms with Gasteiger partial charge in [-0.2, -0.15) is 0 Å². The fraction of sp³-hybridized carbons (Fsp3) is 0.659. The average Bonchev–Trinajstić information content (AvgIpc) is 3.71. The number of nitrogens with one attached hydrogen (secondary N) is 2. The summed E-state index contributed by atoms with van der Waals surface area (Å²) in [5.74, 6) is -4.65. The molecule has 2 aromatic rings. The van der Waals surface area contributed by atoms with Crippen LogP contribution in [0.4, 0.5) is 5.69 Å². The average molecular weight is 922 g/mol. The first kappa shape index (κ1) is 53.1. The first-order valence-electron chi connectivity index (χ1n) is 21.9. The zero-order valence-electron chi connectivity index (χ0n) is 38.1. The van der Waals surface area contributed by atoms with Crippen molar-refractivity contribution < 1.29 is 57.5 Å². The van der Waals surface area contributed by atoms with Gasteiger partial charge < -0.3 is 29.9 Å². The molecule has 0 aliphatic carbocycles. The largest absolute Gasteiger partial charge is 0.524 e. The molecule has 7 atom stereocenters. The SMILES string of the molecule is CCCCC(=O)Nc1cc(C[C@@H](CC(C)C(=O)O)NC(=O)c2csc([C@@H](C[C@H](C(C)C)N(C)C(=O)[C@@H](CC(=O)[C@H]3CCCCN3C)[C@@H](C)CC)OC(C)=O)n2)ccc1OP(=O)(O)O. The Hall–Kier alpha value is -4.22. The lowest BCUT2D eigenvalue weighted by atomic mass is 9.83. The number of unbranched alkanes of at least 4 members (excludes halogenated alkanes) is 1. The van der Waals surface area contributed by atoms with E-state index in [9.17, 15) is 48.2 Å². The molecule has 1 aromatic heterocycles. The quantitative estimate of drug-likeness (QED) is 0.0510. The molecule has 63 heavy (non-hydrogen) atoms. The molecule has 0 radical (unpaired) electrons. The Labute approximate surface area is 375 Å². The van der Waals surface area contributed by atoms with Crippen LogP contribution < -0.4 is 15.2 Å². The van der Waals surface area contributed by atoms with Crippen LogP contribution in [0.3, 0.4) is 0 Å². The van der Waals surface area contributed by atoms with Crippen molar-refractivity contribution in [3.05, 3.63) is 39.8 Å². The van der Waals surface area contributed by atoms with Crippen molar-refractivity contribution in [2.24, 2.45) is 23.7 Å². The Morgan fingerprint density at radius 3 is 2.35 bits per heavy atom. The molecule has 1 saturated heterocycles. The summed E-state index contributed by atoms with van der Waals surface area (Å²) in [7, 11) is -1.33. The maximum atomic E-state index is 14.3. The van der Waals surface area contributed by atoms with Crippen molar-refractivity contribution in [1.29, 1.82) is 0 Å². The number of amides is 3. The predicted octanol–water partition coefficient (Wildman–Crippen LogP) is 6.78. The summed E-state index contributed by atoms with van der Waals surface area (Å²) < 4.78 is 22.3. The first-order valence-corrected chi connectivity index (χ1v) is 24.3. The Morgan fingerprint density at radius 2 is 1.76 bits per heavy atom. The Bertz CT molecular complexity index is 1940. The number of aliphatic carboxylic acids is 1. The molecule has 17 nitrogen and oxygen atoms in total. The number of likely N-dealkylation sites (N-methyl/N-ethyl adjacent to an activating group) is 1. The van der Waals surface area contributed by atoms with Gasteiger partial charge in [-0.3, -0.25) is 43.5 Å². The molecular weight excluding hydrogens is 854 g/mol. The van der Waals surface area contributed by atoms with Crippen molar-refractivity contribution in [1.82, 2.24) is 20.1 Å². The molecule has 1 fully saturated rings. The number of ketones is 1. The zero-order valence-corrected chi connectivity index (χ0v) is 39.8. The number of benzene rings is 1. The van der Waals surface area contributed by atoms with Crippen LogP contribution in [0.15, 0.2) is 23.6 Å². The van der Waals surface area contributed by atoms with Crippen molar-refractivity contribution in [2.75, 3.05) is 26.0 Å². The van der Waals surface area contributed by atoms with Gasteiger partial charge in [0.25, 0.3) is 5.91 Å². The summed E-state index contributed by atoms with van der Waals surface area (Å²) in [6, 6.07) is 2.79. The number of esters is 1. The molecular formula is C44H68N5O12PS. The number of nitrogens with zero attached hydrogens (tertiary/aromatic N) is 3. The van der Waals surface area contributed by atoms with E-state index in [4.69, 9.17) is 9.26 Å². The van der Waals surface area contributed by atoms with E-state index >= 15 is 0 Å². The van der Waals surface area contributed by atoms with Gasteiger partial charge in [-0.25, -0.2) is 9.55 Å². The molecule has 2 heterocycles. The van der Waals surface area contributed by atoms with Crippen molar-refractivity contribution in [3.8, 4) is 5.75 Å². The predicted molar refractivity (Wildman–Crippen MR) is 239 cm³/mol. The summed E-state index contributed by atoms with van der Waals surface area (Å²) in [6.45, 7) is 13.4. The normalized spacial score (nSPS) is 17.4. The number of hydrogen-bond acceptors (Lipinski definition) is 12. The highest BCUT2D eigenvalue weighted by atomic mass is 32.1. The van der Waals surface area contributed by atoms with Gasteiger partial charge >= 0.3 is 19.8 Å². The third-order valence-corrected chi connectivity index (χ3v) is 13.2. The molecule has 3 rings (SSSR count). The minimum atomic E-state index is -5.00. The van der Waals surface area contributed by atoms with Gasteiger partial charge in [-0.1, -0.05) is 66.9 Å². The maximum Gasteiger partial charge on any atom is 0.524 e. The third kappa shape index (κ3) is 16.7. The second-order valence-electron chi connectivity index (χ2n) is 17.2. The monoisotopic (exact) mass is 921 g/mol. The number of carboxylic acid groups (broad SMARTS) is 1. The topological polar surface area (TPSA) is 242 Å². The van der Waals surface area contributed by atoms with Crippen LogP contribution in [-0.2, 0) is 39.7 Å². The Balaban J connectivity index is 1.88. The second kappa shape index (κ2) is 24.7. The zero-order chi connectivity index (χ0) is 47.2. The van der Waals surface area contributed by atoms with E-state index in [0.29, 0.717) is 23.4 Å². The highest BCUT2D eigenvalue weighted by Gasteiger charge is 2.38. The van der Waals surface area contributed by atoms with E-state index in [1.807, 2.05) is 41.7 Å². The van der Waals surface area contributed by atoms with Gasteiger partial charge in [0.15, 0.2) is 17.6 Å². The van der Waals surface area contributed by atoms with Gasteiger partial charge in [0.2, 0.25) is 11.8 Å². The third-order valence-electron chi connectivity index (χ3n) is 11.8. The summed E-state index contributed by atoms with van der Waals surface area (Å²) >= 11 is 1.10. The Kier molecular flexibility index (Phi) is 20.9. The standard InChI is InChI=1S/C44H68N5O12PS/c1-10-12-16-40(52)46-33-22-30(17-18-38(33)61-62(57,58)59)21-31(20-28(6)44(55)56)45-41(53)34-25-63-42(47-34)39(60-29(7)50)24-36(26(3)4)49(9)43(54)32(27(5)11-2)23-37(51)35-15-13-14-19-48(35)8/h17-18,22,25-28,31-32,35-36,39H,10-16,19-21,23-24H2,1-9H3,(H,45,53)(H,46,52)(H,55,56)(H2,57,58,59)/t27-,28?,31+,32-,35+,36+,39+/m0/s1. The van der Waals surface area contributed by atoms with E-state index in [2.05, 4.69) is 20.5 Å². The minimum absolute atomic E-state index is 0.00263. The smallest absolute Gasteiger partial charge is 0.481 e. The lowest BCUT2D eigenvalue weighted by Crippen LogP contribution is -2.48. The van der Waals surface area contributed by atoms with E-state index in [-0.39, 0.29) is 78.8 Å². The number of hydrogen-bond donors (Lipinski definition) is 5. The number of carbonyl (C=O) groups excluding carboxylic acids is 5. The van der Waals surface area contributed by atoms with Crippen LogP contribution in [0.1, 0.15) is 140 Å². The van der Waals surface area contributed by atoms with E-state index in [0.717, 1.165) is 43.6 Å². The van der Waals surface area contributed by atoms with Gasteiger partial charge in [0.1, 0.15) is 10.7 Å². The number of carbonyl (C=O) groups is 6. The second-order valence-corrected chi connectivity index (χ2v) is 19.3. The number of rotatable bonds is 25. The first-order chi connectivity index (χ1) is 29.5. The minimum Gasteiger partial charge on any atom is -0.481 e. The number of ether oxygens (including phenoxy) is 1. The van der Waals surface area contributed by atoms with E-state index in [1.165, 1.54) is 37.4 Å². The lowest BCUT2D eigenvalue weighted by Gasteiger charge is -2.37. The highest BCUT2D eigenvalue weighted by molar-refractivity contribution is 7.46. The molecule has 0 spiro atoms. The number of anilines is 1. The molecule has 0 bridgehead atoms. The Morgan fingerprint density at radius 1 is 1.06 bits per heavy atom. The van der Waals surface area contributed by atoms with Crippen LogP contribution in [0, 0.1) is 23.7 Å². The number of phosphoric acid groups is 1. The van der Waals surface area contributed by atoms with Crippen LogP contribution in [0.25, 0.3) is 0 Å². The molecule has 19 heteroatoms. The van der Waals surface area contributed by atoms with Crippen LogP contribution in [0.5, 0.6) is 5.75 Å². The maximum absolute atomic E-state index is 14.3. The number of carboxylic acids is 1. The summed E-state index contributed by atoms with van der Waals surface area (Å²) in [5.41, 5.74) is 0.482. The lowest BCUT2D eigenvalue weighted by molar-refractivity contribution is -0.149. The summed E-state index contributed by atoms with van der Waals surface area (Å²) in [5, 5.41) is 17.1. The van der Waals surface area contributed by atoms with Crippen molar-refractivity contribution in [3.63, 3.8) is 0 Å². The molecule has 1 aliphatic rings. The van der Waals surface area contributed by atoms with Gasteiger partial charge in [0, 0.05) is 56.6 Å². The molecule has 0 saturated carbocycles. The van der Waals surface area contributed by atoms with Crippen LogP contribution in [0.2, 0.25) is 0 Å². The number of piperidine rings is 1. The number of aromatic nitrogens is 1. The molecule has 352 valence electrons. The van der Waals surface area contributed by atoms with Crippen LogP contribution in [-0.4, -0.2) is 104 Å².